The summed E-state index contributed by atoms with van der Waals surface area (Å²) in [5.41, 5.74) is 2.12. The molecular formula is C22H27ClN4O. The number of anilines is 3. The summed E-state index contributed by atoms with van der Waals surface area (Å²) >= 11 is 6.60. The van der Waals surface area contributed by atoms with Gasteiger partial charge in [0.25, 0.3) is 0 Å². The summed E-state index contributed by atoms with van der Waals surface area (Å²) in [4.78, 5) is 10.9. The van der Waals surface area contributed by atoms with E-state index in [0.717, 1.165) is 17.0 Å². The van der Waals surface area contributed by atoms with Gasteiger partial charge in [-0.25, -0.2) is 9.97 Å². The molecule has 0 aliphatic heterocycles. The fourth-order valence-corrected chi connectivity index (χ4v) is 2.87. The number of nitrogens with one attached hydrogen (secondary N) is 1. The van der Waals surface area contributed by atoms with Crippen LogP contribution in [-0.2, 0) is 6.54 Å². The fourth-order valence-electron chi connectivity index (χ4n) is 2.59. The number of methoxy groups -OCH3 is 1. The normalized spacial score (nSPS) is 9.93. The number of benzene rings is 2. The highest BCUT2D eigenvalue weighted by atomic mass is 35.5. The van der Waals surface area contributed by atoms with Crippen LogP contribution in [0.4, 0.5) is 17.3 Å². The average Bonchev–Trinajstić information content (AvgIpc) is 2.75. The molecule has 5 nitrogen and oxygen atoms in total. The first-order valence-electron chi connectivity index (χ1n) is 9.28. The molecule has 148 valence electrons. The molecule has 0 fully saturated rings. The van der Waals surface area contributed by atoms with E-state index in [4.69, 9.17) is 16.3 Å². The molecule has 0 radical (unpaired) electrons. The lowest BCUT2D eigenvalue weighted by Crippen LogP contribution is -2.14. The molecule has 1 aromatic heterocycles. The van der Waals surface area contributed by atoms with Crippen molar-refractivity contribution in [2.45, 2.75) is 27.3 Å². The largest absolute Gasteiger partial charge is 0.497 e. The first kappa shape index (κ1) is 21.5. The molecule has 0 atom stereocenters. The summed E-state index contributed by atoms with van der Waals surface area (Å²) in [6.07, 6.45) is 0. The van der Waals surface area contributed by atoms with Gasteiger partial charge in [-0.1, -0.05) is 55.8 Å². The van der Waals surface area contributed by atoms with E-state index in [1.807, 2.05) is 75.2 Å². The lowest BCUT2D eigenvalue weighted by molar-refractivity contribution is 0.415. The molecule has 0 saturated heterocycles. The second-order valence-corrected chi connectivity index (χ2v) is 6.23. The molecule has 2 aromatic carbocycles. The smallest absolute Gasteiger partial charge is 0.157 e. The third kappa shape index (κ3) is 5.36. The molecule has 6 heteroatoms. The highest BCUT2D eigenvalue weighted by Crippen LogP contribution is 2.34. The third-order valence-electron chi connectivity index (χ3n) is 4.03. The topological polar surface area (TPSA) is 50.3 Å². The standard InChI is InChI=1S/C20H21ClN4O.C2H6/c1-14-23-19(22-13-15-7-5-4-6-8-15)18(21)20(24-14)25(2)16-9-11-17(26-3)12-10-16;1-2/h4-12H,13H2,1-3H3,(H,22,23,24);1-2H3. The molecule has 1 heterocycles. The van der Waals surface area contributed by atoms with E-state index in [-0.39, 0.29) is 0 Å². The van der Waals surface area contributed by atoms with E-state index in [2.05, 4.69) is 27.4 Å². The van der Waals surface area contributed by atoms with E-state index >= 15 is 0 Å². The molecule has 0 spiro atoms. The quantitative estimate of drug-likeness (QED) is 0.564. The number of aromatic nitrogens is 2. The summed E-state index contributed by atoms with van der Waals surface area (Å²) < 4.78 is 5.21. The number of halogens is 1. The molecule has 0 aliphatic carbocycles. The van der Waals surface area contributed by atoms with Crippen LogP contribution in [0, 0.1) is 6.92 Å². The SMILES string of the molecule is CC.COc1ccc(N(C)c2nc(C)nc(NCc3ccccc3)c2Cl)cc1. The second-order valence-electron chi connectivity index (χ2n) is 5.85. The minimum Gasteiger partial charge on any atom is -0.497 e. The van der Waals surface area contributed by atoms with Gasteiger partial charge in [-0.2, -0.15) is 0 Å². The van der Waals surface area contributed by atoms with Crippen molar-refractivity contribution in [3.63, 3.8) is 0 Å². The van der Waals surface area contributed by atoms with Gasteiger partial charge in [-0.3, -0.25) is 0 Å². The van der Waals surface area contributed by atoms with Crippen LogP contribution >= 0.6 is 11.6 Å². The zero-order valence-corrected chi connectivity index (χ0v) is 17.8. The van der Waals surface area contributed by atoms with Crippen molar-refractivity contribution in [1.29, 1.82) is 0 Å². The zero-order valence-electron chi connectivity index (χ0n) is 17.0. The Balaban J connectivity index is 0.00000136. The highest BCUT2D eigenvalue weighted by Gasteiger charge is 2.16. The lowest BCUT2D eigenvalue weighted by Gasteiger charge is -2.21. The van der Waals surface area contributed by atoms with E-state index in [9.17, 15) is 0 Å². The minimum atomic E-state index is 0.491. The van der Waals surface area contributed by atoms with Crippen molar-refractivity contribution < 1.29 is 4.74 Å². The van der Waals surface area contributed by atoms with Crippen LogP contribution in [0.25, 0.3) is 0 Å². The van der Waals surface area contributed by atoms with Crippen LogP contribution in [0.2, 0.25) is 5.02 Å². The molecule has 0 aliphatic rings. The van der Waals surface area contributed by atoms with Gasteiger partial charge < -0.3 is 15.0 Å². The maximum Gasteiger partial charge on any atom is 0.157 e. The summed E-state index contributed by atoms with van der Waals surface area (Å²) in [5, 5.41) is 3.80. The Kier molecular flexibility index (Phi) is 8.08. The lowest BCUT2D eigenvalue weighted by atomic mass is 10.2. The zero-order chi connectivity index (χ0) is 20.5. The molecule has 0 bridgehead atoms. The summed E-state index contributed by atoms with van der Waals surface area (Å²) in [5.74, 6) is 2.73. The molecular weight excluding hydrogens is 372 g/mol. The minimum absolute atomic E-state index is 0.491. The number of hydrogen-bond acceptors (Lipinski definition) is 5. The molecule has 28 heavy (non-hydrogen) atoms. The van der Waals surface area contributed by atoms with Crippen molar-refractivity contribution in [3.05, 3.63) is 71.0 Å². The number of rotatable bonds is 6. The Hall–Kier alpha value is -2.79. The first-order valence-corrected chi connectivity index (χ1v) is 9.66. The van der Waals surface area contributed by atoms with E-state index in [0.29, 0.717) is 29.0 Å². The van der Waals surface area contributed by atoms with Crippen molar-refractivity contribution in [3.8, 4) is 5.75 Å². The number of nitrogens with zero attached hydrogens (tertiary/aromatic N) is 3. The van der Waals surface area contributed by atoms with E-state index in [1.54, 1.807) is 7.11 Å². The van der Waals surface area contributed by atoms with E-state index in [1.165, 1.54) is 0 Å². The summed E-state index contributed by atoms with van der Waals surface area (Å²) in [6, 6.07) is 17.9. The van der Waals surface area contributed by atoms with Crippen molar-refractivity contribution >= 4 is 28.9 Å². The molecule has 0 saturated carbocycles. The van der Waals surface area contributed by atoms with Crippen LogP contribution < -0.4 is 15.0 Å². The van der Waals surface area contributed by atoms with Crippen LogP contribution in [0.3, 0.4) is 0 Å². The summed E-state index contributed by atoms with van der Waals surface area (Å²) in [7, 11) is 3.57. The van der Waals surface area contributed by atoms with Gasteiger partial charge in [0.15, 0.2) is 11.6 Å². The maximum absolute atomic E-state index is 6.60. The highest BCUT2D eigenvalue weighted by molar-refractivity contribution is 6.35. The Morgan fingerprint density at radius 3 is 2.25 bits per heavy atom. The van der Waals surface area contributed by atoms with Gasteiger partial charge >= 0.3 is 0 Å². The molecule has 0 unspecified atom stereocenters. The van der Waals surface area contributed by atoms with Gasteiger partial charge in [0.05, 0.1) is 7.11 Å². The predicted molar refractivity (Wildman–Crippen MR) is 118 cm³/mol. The second kappa shape index (κ2) is 10.5. The van der Waals surface area contributed by atoms with Gasteiger partial charge in [0, 0.05) is 19.3 Å². The maximum atomic E-state index is 6.60. The van der Waals surface area contributed by atoms with Gasteiger partial charge in [0.1, 0.15) is 16.6 Å². The van der Waals surface area contributed by atoms with Crippen molar-refractivity contribution in [2.75, 3.05) is 24.4 Å². The van der Waals surface area contributed by atoms with Crippen molar-refractivity contribution in [2.24, 2.45) is 0 Å². The van der Waals surface area contributed by atoms with Crippen LogP contribution in [0.1, 0.15) is 25.2 Å². The Bertz CT molecular complexity index is 870. The van der Waals surface area contributed by atoms with Crippen LogP contribution in [0.15, 0.2) is 54.6 Å². The van der Waals surface area contributed by atoms with Gasteiger partial charge in [-0.15, -0.1) is 0 Å². The Morgan fingerprint density at radius 1 is 1.00 bits per heavy atom. The van der Waals surface area contributed by atoms with Gasteiger partial charge in [0.2, 0.25) is 0 Å². The number of hydrogen-bond donors (Lipinski definition) is 1. The fraction of sp³-hybridized carbons (Fsp3) is 0.273. The number of aryl methyl sites for hydroxylation is 1. The Morgan fingerprint density at radius 2 is 1.64 bits per heavy atom. The molecule has 1 N–H and O–H groups in total. The average molecular weight is 399 g/mol. The Labute approximate surface area is 172 Å². The monoisotopic (exact) mass is 398 g/mol. The third-order valence-corrected chi connectivity index (χ3v) is 4.37. The van der Waals surface area contributed by atoms with Crippen LogP contribution in [-0.4, -0.2) is 24.1 Å². The number of ether oxygens (including phenoxy) is 1. The summed E-state index contributed by atoms with van der Waals surface area (Å²) in [6.45, 7) is 6.50. The predicted octanol–water partition coefficient (Wildman–Crippen LogP) is 5.85. The molecule has 3 aromatic rings. The van der Waals surface area contributed by atoms with Gasteiger partial charge in [-0.05, 0) is 36.8 Å². The molecule has 0 amide bonds. The van der Waals surface area contributed by atoms with E-state index < -0.39 is 0 Å². The molecule has 3 rings (SSSR count). The first-order chi connectivity index (χ1) is 13.6. The van der Waals surface area contributed by atoms with Crippen molar-refractivity contribution in [1.82, 2.24) is 9.97 Å². The van der Waals surface area contributed by atoms with Crippen LogP contribution in [0.5, 0.6) is 5.75 Å².